The van der Waals surface area contributed by atoms with E-state index in [4.69, 9.17) is 22.1 Å². The molecule has 1 aliphatic heterocycles. The van der Waals surface area contributed by atoms with Crippen molar-refractivity contribution in [2.75, 3.05) is 40.3 Å². The number of Topliss-reactive ketones (excluding diaryl/α,β-unsaturated/α-hetero) is 1. The Morgan fingerprint density at radius 1 is 1.18 bits per heavy atom. The van der Waals surface area contributed by atoms with Crippen LogP contribution in [0.3, 0.4) is 0 Å². The van der Waals surface area contributed by atoms with Crippen LogP contribution in [0, 0.1) is 13.8 Å². The topological polar surface area (TPSA) is 96.2 Å². The van der Waals surface area contributed by atoms with E-state index in [1.54, 1.807) is 22.3 Å². The number of piperazine rings is 1. The van der Waals surface area contributed by atoms with Crippen molar-refractivity contribution >= 4 is 40.7 Å². The number of benzene rings is 1. The molecule has 0 spiro atoms. The third-order valence-corrected chi connectivity index (χ3v) is 8.40. The number of amides is 2. The minimum atomic E-state index is -0.771. The summed E-state index contributed by atoms with van der Waals surface area (Å²) in [5.41, 5.74) is 8.12. The maximum absolute atomic E-state index is 13.4. The Morgan fingerprint density at radius 2 is 1.95 bits per heavy atom. The Kier molecular flexibility index (Phi) is 11.1. The molecule has 208 valence electrons. The molecule has 1 aliphatic rings. The predicted octanol–water partition coefficient (Wildman–Crippen LogP) is 4.29. The summed E-state index contributed by atoms with van der Waals surface area (Å²) in [7, 11) is 4.02. The first-order valence-corrected chi connectivity index (χ1v) is 14.3. The molecule has 1 saturated heterocycles. The van der Waals surface area contributed by atoms with Gasteiger partial charge in [0.1, 0.15) is 6.04 Å². The molecule has 0 saturated carbocycles. The van der Waals surface area contributed by atoms with Crippen molar-refractivity contribution in [1.82, 2.24) is 14.7 Å². The summed E-state index contributed by atoms with van der Waals surface area (Å²) >= 11 is 7.99. The van der Waals surface area contributed by atoms with Gasteiger partial charge >= 0.3 is 6.09 Å². The average Bonchev–Trinajstić information content (AvgIpc) is 3.42. The minimum absolute atomic E-state index is 0.0592. The van der Waals surface area contributed by atoms with E-state index in [9.17, 15) is 14.4 Å². The summed E-state index contributed by atoms with van der Waals surface area (Å²) in [5.74, 6) is -0.0543. The number of hydrogen-bond donors (Lipinski definition) is 1. The van der Waals surface area contributed by atoms with Crippen LogP contribution in [0.25, 0.3) is 0 Å². The van der Waals surface area contributed by atoms with Gasteiger partial charge in [-0.25, -0.2) is 4.79 Å². The summed E-state index contributed by atoms with van der Waals surface area (Å²) in [5, 5.41) is 2.36. The zero-order valence-corrected chi connectivity index (χ0v) is 24.3. The number of nitrogens with zero attached hydrogens (tertiary/aromatic N) is 3. The van der Waals surface area contributed by atoms with Crippen molar-refractivity contribution in [3.8, 4) is 5.75 Å². The van der Waals surface area contributed by atoms with Crippen LogP contribution in [0.2, 0.25) is 5.02 Å². The number of carbonyl (C=O) groups excluding carboxylic acids is 3. The molecular weight excluding hydrogens is 524 g/mol. The van der Waals surface area contributed by atoms with Gasteiger partial charge in [0.2, 0.25) is 5.91 Å². The van der Waals surface area contributed by atoms with E-state index in [0.29, 0.717) is 17.9 Å². The monoisotopic (exact) mass is 562 g/mol. The zero-order chi connectivity index (χ0) is 27.8. The standard InChI is InChI=1S/C28H39ClN4O4S/c1-19-10-13-25(26(29)20(19)2)37-28(36)32-15-16-33(27(35)22(30)9-5-6-14-31(3)4)23(18-32)24(34)12-11-21-8-7-17-38-21/h7-8,10,13,17,22-23H,5-6,9,11-12,14-16,18,30H2,1-4H3/t22-,23+/m1/s1. The third kappa shape index (κ3) is 8.02. The first kappa shape index (κ1) is 30.1. The Labute approximate surface area is 234 Å². The second-order valence-corrected chi connectivity index (χ2v) is 11.5. The lowest BCUT2D eigenvalue weighted by molar-refractivity contribution is -0.143. The van der Waals surface area contributed by atoms with Gasteiger partial charge in [0, 0.05) is 24.4 Å². The molecule has 2 amide bonds. The maximum atomic E-state index is 13.4. The number of unbranched alkanes of at least 4 members (excludes halogenated alkanes) is 1. The third-order valence-electron chi connectivity index (χ3n) is 7.00. The van der Waals surface area contributed by atoms with Crippen molar-refractivity contribution in [2.45, 2.75) is 58.0 Å². The van der Waals surface area contributed by atoms with Crippen LogP contribution >= 0.6 is 22.9 Å². The molecule has 1 aromatic heterocycles. The molecule has 3 rings (SSSR count). The maximum Gasteiger partial charge on any atom is 0.415 e. The molecule has 1 fully saturated rings. The molecular formula is C28H39ClN4O4S. The van der Waals surface area contributed by atoms with Crippen LogP contribution in [0.15, 0.2) is 29.6 Å². The minimum Gasteiger partial charge on any atom is -0.409 e. The lowest BCUT2D eigenvalue weighted by atomic mass is 10.0. The highest BCUT2D eigenvalue weighted by Gasteiger charge is 2.38. The molecule has 0 bridgehead atoms. The van der Waals surface area contributed by atoms with Gasteiger partial charge in [-0.3, -0.25) is 9.59 Å². The largest absolute Gasteiger partial charge is 0.415 e. The number of carbonyl (C=O) groups is 3. The fourth-order valence-corrected chi connectivity index (χ4v) is 5.44. The van der Waals surface area contributed by atoms with E-state index < -0.39 is 18.2 Å². The Bertz CT molecular complexity index is 1110. The molecule has 2 aromatic rings. The van der Waals surface area contributed by atoms with Crippen molar-refractivity contribution < 1.29 is 19.1 Å². The van der Waals surface area contributed by atoms with Gasteiger partial charge in [-0.15, -0.1) is 11.3 Å². The molecule has 2 N–H and O–H groups in total. The van der Waals surface area contributed by atoms with Crippen molar-refractivity contribution in [1.29, 1.82) is 0 Å². The highest BCUT2D eigenvalue weighted by atomic mass is 35.5. The van der Waals surface area contributed by atoms with Gasteiger partial charge < -0.3 is 25.2 Å². The fourth-order valence-electron chi connectivity index (χ4n) is 4.48. The quantitative estimate of drug-likeness (QED) is 0.410. The highest BCUT2D eigenvalue weighted by molar-refractivity contribution is 7.09. The number of rotatable bonds is 11. The van der Waals surface area contributed by atoms with Crippen molar-refractivity contribution in [3.05, 3.63) is 50.7 Å². The average molecular weight is 563 g/mol. The summed E-state index contributed by atoms with van der Waals surface area (Å²) < 4.78 is 5.61. The molecule has 1 aromatic carbocycles. The fraction of sp³-hybridized carbons (Fsp3) is 0.536. The lowest BCUT2D eigenvalue weighted by Gasteiger charge is -2.41. The number of hydrogen-bond acceptors (Lipinski definition) is 7. The van der Waals surface area contributed by atoms with Crippen LogP contribution < -0.4 is 10.5 Å². The summed E-state index contributed by atoms with van der Waals surface area (Å²) in [6.07, 6.45) is 2.60. The molecule has 10 heteroatoms. The van der Waals surface area contributed by atoms with E-state index in [2.05, 4.69) is 4.90 Å². The van der Waals surface area contributed by atoms with Crippen molar-refractivity contribution in [3.63, 3.8) is 0 Å². The molecule has 2 atom stereocenters. The van der Waals surface area contributed by atoms with Gasteiger partial charge in [0.05, 0.1) is 17.6 Å². The summed E-state index contributed by atoms with van der Waals surface area (Å²) in [6, 6.07) is 6.00. The first-order chi connectivity index (χ1) is 18.1. The summed E-state index contributed by atoms with van der Waals surface area (Å²) in [4.78, 5) is 46.1. The van der Waals surface area contributed by atoms with Crippen LogP contribution in [-0.4, -0.2) is 84.8 Å². The molecule has 0 unspecified atom stereocenters. The van der Waals surface area contributed by atoms with Crippen LogP contribution in [0.1, 0.15) is 41.7 Å². The van der Waals surface area contributed by atoms with Crippen LogP contribution in [0.5, 0.6) is 5.75 Å². The van der Waals surface area contributed by atoms with Gasteiger partial charge in [0.15, 0.2) is 11.5 Å². The Morgan fingerprint density at radius 3 is 2.63 bits per heavy atom. The number of aryl methyl sites for hydroxylation is 2. The molecule has 0 aliphatic carbocycles. The Hall–Kier alpha value is -2.46. The predicted molar refractivity (Wildman–Crippen MR) is 152 cm³/mol. The highest BCUT2D eigenvalue weighted by Crippen LogP contribution is 2.30. The normalized spacial score (nSPS) is 16.6. The number of ether oxygens (including phenoxy) is 1. The van der Waals surface area contributed by atoms with Gasteiger partial charge in [-0.2, -0.15) is 0 Å². The molecule has 8 nitrogen and oxygen atoms in total. The van der Waals surface area contributed by atoms with E-state index in [-0.39, 0.29) is 43.5 Å². The first-order valence-electron chi connectivity index (χ1n) is 13.1. The number of thiophene rings is 1. The van der Waals surface area contributed by atoms with Crippen molar-refractivity contribution in [2.24, 2.45) is 5.73 Å². The van der Waals surface area contributed by atoms with E-state index in [1.807, 2.05) is 51.5 Å². The van der Waals surface area contributed by atoms with E-state index in [0.717, 1.165) is 35.4 Å². The smallest absolute Gasteiger partial charge is 0.409 e. The SMILES string of the molecule is Cc1ccc(OC(=O)N2CCN(C(=O)[C@H](N)CCCCN(C)C)[C@H](C(=O)CCc3cccs3)C2)c(Cl)c1C. The van der Waals surface area contributed by atoms with Gasteiger partial charge in [-0.1, -0.05) is 30.2 Å². The van der Waals surface area contributed by atoms with Gasteiger partial charge in [0.25, 0.3) is 0 Å². The molecule has 2 heterocycles. The van der Waals surface area contributed by atoms with Crippen LogP contribution in [0.4, 0.5) is 4.79 Å². The van der Waals surface area contributed by atoms with E-state index in [1.165, 1.54) is 4.90 Å². The van der Waals surface area contributed by atoms with E-state index >= 15 is 0 Å². The van der Waals surface area contributed by atoms with Gasteiger partial charge in [-0.05, 0) is 82.4 Å². The zero-order valence-electron chi connectivity index (χ0n) is 22.7. The number of halogens is 1. The second-order valence-electron chi connectivity index (χ2n) is 10.1. The summed E-state index contributed by atoms with van der Waals surface area (Å²) in [6.45, 7) is 5.25. The second kappa shape index (κ2) is 14.1. The number of ketones is 1. The Balaban J connectivity index is 1.70. The molecule has 0 radical (unpaired) electrons. The lowest BCUT2D eigenvalue weighted by Crippen LogP contribution is -2.62. The van der Waals surface area contributed by atoms with Crippen LogP contribution in [-0.2, 0) is 16.0 Å². The molecule has 38 heavy (non-hydrogen) atoms. The number of nitrogens with two attached hydrogens (primary N) is 1.